The number of nitrogens with one attached hydrogen (secondary N) is 1. The number of nitrogens with zero attached hydrogens (tertiary/aromatic N) is 4. The molecular weight excluding hydrogens is 601 g/mol. The summed E-state index contributed by atoms with van der Waals surface area (Å²) in [5.74, 6) is 0.920. The van der Waals surface area contributed by atoms with Crippen LogP contribution in [0.4, 0.5) is 10.8 Å². The molecule has 2 heterocycles. The molecule has 0 bridgehead atoms. The Balaban J connectivity index is 1.49. The molecule has 1 amide bonds. The number of rotatable bonds is 9. The summed E-state index contributed by atoms with van der Waals surface area (Å²) in [5, 5.41) is 22.3. The average Bonchev–Trinajstić information content (AvgIpc) is 3.47. The molecule has 0 fully saturated rings. The van der Waals surface area contributed by atoms with Crippen LogP contribution in [0.15, 0.2) is 69.5 Å². The van der Waals surface area contributed by atoms with E-state index in [4.69, 9.17) is 19.9 Å². The maximum Gasteiger partial charge on any atom is 0.234 e. The van der Waals surface area contributed by atoms with Crippen molar-refractivity contribution in [3.63, 3.8) is 0 Å². The Labute approximate surface area is 263 Å². The van der Waals surface area contributed by atoms with Gasteiger partial charge in [-0.1, -0.05) is 43.0 Å². The van der Waals surface area contributed by atoms with Crippen LogP contribution in [0.3, 0.4) is 0 Å². The first kappa shape index (κ1) is 30.9. The van der Waals surface area contributed by atoms with Gasteiger partial charge >= 0.3 is 0 Å². The number of hydrogen-bond acceptors (Lipinski definition) is 12. The fraction of sp³-hybridized carbons (Fsp3) is 0.323. The molecule has 11 nitrogen and oxygen atoms in total. The highest BCUT2D eigenvalue weighted by atomic mass is 32.2. The van der Waals surface area contributed by atoms with Gasteiger partial charge in [-0.15, -0.1) is 10.2 Å². The summed E-state index contributed by atoms with van der Waals surface area (Å²) in [4.78, 5) is 28.2. The molecule has 13 heteroatoms. The predicted octanol–water partition coefficient (Wildman–Crippen LogP) is 5.24. The van der Waals surface area contributed by atoms with Crippen molar-refractivity contribution in [2.75, 3.05) is 37.3 Å². The Hall–Kier alpha value is -4.54. The maximum absolute atomic E-state index is 13.9. The van der Waals surface area contributed by atoms with Crippen molar-refractivity contribution in [2.45, 2.75) is 36.9 Å². The third-order valence-corrected chi connectivity index (χ3v) is 9.44. The number of nitrogens with two attached hydrogens (primary N) is 1. The molecule has 1 aliphatic heterocycles. The summed E-state index contributed by atoms with van der Waals surface area (Å²) in [5.41, 5.74) is 8.98. The largest absolute Gasteiger partial charge is 0.497 e. The Morgan fingerprint density at radius 1 is 1.14 bits per heavy atom. The van der Waals surface area contributed by atoms with E-state index in [9.17, 15) is 14.9 Å². The number of carbonyl (C=O) groups excluding carboxylic acids is 2. The van der Waals surface area contributed by atoms with Crippen molar-refractivity contribution >= 4 is 45.6 Å². The molecule has 0 radical (unpaired) electrons. The van der Waals surface area contributed by atoms with Gasteiger partial charge in [0.25, 0.3) is 0 Å². The van der Waals surface area contributed by atoms with E-state index in [-0.39, 0.29) is 34.3 Å². The number of anilines is 2. The van der Waals surface area contributed by atoms with E-state index < -0.39 is 5.92 Å². The molecule has 1 atom stereocenters. The van der Waals surface area contributed by atoms with Crippen molar-refractivity contribution in [3.8, 4) is 23.3 Å². The Bertz CT molecular complexity index is 1720. The van der Waals surface area contributed by atoms with Crippen molar-refractivity contribution in [2.24, 2.45) is 11.1 Å². The van der Waals surface area contributed by atoms with Gasteiger partial charge in [0, 0.05) is 35.0 Å². The highest BCUT2D eigenvalue weighted by Gasteiger charge is 2.46. The van der Waals surface area contributed by atoms with Gasteiger partial charge < -0.3 is 25.3 Å². The molecule has 1 aliphatic carbocycles. The van der Waals surface area contributed by atoms with Gasteiger partial charge in [-0.3, -0.25) is 14.5 Å². The van der Waals surface area contributed by atoms with Gasteiger partial charge in [0.05, 0.1) is 44.6 Å². The van der Waals surface area contributed by atoms with Crippen molar-refractivity contribution < 1.29 is 23.8 Å². The zero-order valence-electron chi connectivity index (χ0n) is 25.0. The first-order valence-electron chi connectivity index (χ1n) is 13.7. The third kappa shape index (κ3) is 6.09. The second-order valence-electron chi connectivity index (χ2n) is 11.0. The third-order valence-electron chi connectivity index (χ3n) is 7.40. The van der Waals surface area contributed by atoms with Crippen LogP contribution < -0.4 is 30.2 Å². The number of Topliss-reactive ketones (excluding diaryl/α,β-unsaturated/α-hetero) is 1. The van der Waals surface area contributed by atoms with Crippen LogP contribution in [0.25, 0.3) is 0 Å². The van der Waals surface area contributed by atoms with Crippen LogP contribution in [0.2, 0.25) is 0 Å². The van der Waals surface area contributed by atoms with Gasteiger partial charge in [0.15, 0.2) is 10.1 Å². The van der Waals surface area contributed by atoms with E-state index >= 15 is 0 Å². The van der Waals surface area contributed by atoms with Gasteiger partial charge in [-0.05, 0) is 42.2 Å². The number of amides is 1. The van der Waals surface area contributed by atoms with E-state index in [1.165, 1.54) is 30.2 Å². The number of ketones is 1. The van der Waals surface area contributed by atoms with Crippen LogP contribution in [0.1, 0.15) is 38.2 Å². The molecule has 3 aromatic rings. The average molecular weight is 633 g/mol. The maximum atomic E-state index is 13.9. The number of allylic oxidation sites excluding steroid dienone is 3. The van der Waals surface area contributed by atoms with Crippen molar-refractivity contribution in [1.82, 2.24) is 10.2 Å². The smallest absolute Gasteiger partial charge is 0.234 e. The summed E-state index contributed by atoms with van der Waals surface area (Å²) >= 11 is 2.46. The molecule has 3 N–H and O–H groups in total. The lowest BCUT2D eigenvalue weighted by Gasteiger charge is -2.42. The van der Waals surface area contributed by atoms with Crippen molar-refractivity contribution in [3.05, 3.63) is 70.7 Å². The molecule has 1 unspecified atom stereocenters. The Morgan fingerprint density at radius 3 is 2.59 bits per heavy atom. The molecule has 0 spiro atoms. The minimum absolute atomic E-state index is 0.0790. The van der Waals surface area contributed by atoms with Gasteiger partial charge in [0.1, 0.15) is 23.1 Å². The number of ether oxygens (including phenoxy) is 3. The number of benzene rings is 2. The van der Waals surface area contributed by atoms with Crippen LogP contribution >= 0.6 is 23.1 Å². The molecule has 2 aromatic carbocycles. The molecule has 2 aliphatic rings. The highest BCUT2D eigenvalue weighted by molar-refractivity contribution is 8.01. The number of hydrogen-bond donors (Lipinski definition) is 2. The lowest BCUT2D eigenvalue weighted by molar-refractivity contribution is -0.118. The molecular formula is C31H32N6O5S2. The van der Waals surface area contributed by atoms with E-state index in [0.717, 1.165) is 0 Å². The van der Waals surface area contributed by atoms with Crippen molar-refractivity contribution in [1.29, 1.82) is 5.26 Å². The fourth-order valence-corrected chi connectivity index (χ4v) is 7.16. The van der Waals surface area contributed by atoms with Crippen LogP contribution in [-0.4, -0.2) is 49.0 Å². The van der Waals surface area contributed by atoms with Crippen LogP contribution in [-0.2, 0) is 9.59 Å². The van der Waals surface area contributed by atoms with Gasteiger partial charge in [-0.2, -0.15) is 5.26 Å². The minimum Gasteiger partial charge on any atom is -0.497 e. The Morgan fingerprint density at radius 2 is 1.89 bits per heavy atom. The second kappa shape index (κ2) is 12.6. The van der Waals surface area contributed by atoms with Gasteiger partial charge in [0.2, 0.25) is 11.0 Å². The first-order chi connectivity index (χ1) is 21.1. The standard InChI is InChI=1S/C31H32N6O5S2/c1-31(2)13-22-27(23(38)14-31)26(20-12-19(41-4)9-10-24(20)42-5)21(15-32)28(33)37(22)29-35-36-30(44-29)43-16-25(39)34-17-7-6-8-18(11-17)40-3/h6-12,26H,13-14,16,33H2,1-5H3,(H,34,39). The number of nitriles is 1. The zero-order valence-corrected chi connectivity index (χ0v) is 26.6. The summed E-state index contributed by atoms with van der Waals surface area (Å²) < 4.78 is 16.9. The molecule has 0 saturated heterocycles. The SMILES string of the molecule is COc1cccc(NC(=O)CSc2nnc(N3C(N)=C(C#N)C(c4cc(OC)ccc4OC)C4=C3CC(C)(C)CC4=O)s2)c1. The normalized spacial score (nSPS) is 17.6. The zero-order chi connectivity index (χ0) is 31.6. The fourth-order valence-electron chi connectivity index (χ4n) is 5.48. The topological polar surface area (TPSA) is 153 Å². The lowest BCUT2D eigenvalue weighted by atomic mass is 9.68. The number of carbonyl (C=O) groups is 2. The number of methoxy groups -OCH3 is 3. The monoisotopic (exact) mass is 632 g/mol. The van der Waals surface area contributed by atoms with E-state index in [1.54, 1.807) is 61.6 Å². The summed E-state index contributed by atoms with van der Waals surface area (Å²) in [6.07, 6.45) is 0.821. The van der Waals surface area contributed by atoms with E-state index in [0.29, 0.717) is 62.1 Å². The lowest BCUT2D eigenvalue weighted by Crippen LogP contribution is -2.42. The predicted molar refractivity (Wildman–Crippen MR) is 169 cm³/mol. The van der Waals surface area contributed by atoms with Crippen LogP contribution in [0, 0.1) is 16.7 Å². The number of thioether (sulfide) groups is 1. The Kier molecular flexibility index (Phi) is 8.85. The summed E-state index contributed by atoms with van der Waals surface area (Å²) in [6, 6.07) is 14.6. The molecule has 228 valence electrons. The second-order valence-corrected chi connectivity index (χ2v) is 13.2. The quantitative estimate of drug-likeness (QED) is 0.298. The minimum atomic E-state index is -0.748. The molecule has 0 saturated carbocycles. The summed E-state index contributed by atoms with van der Waals surface area (Å²) in [7, 11) is 4.65. The van der Waals surface area contributed by atoms with Crippen LogP contribution in [0.5, 0.6) is 17.2 Å². The van der Waals surface area contributed by atoms with E-state index in [1.807, 2.05) is 13.8 Å². The van der Waals surface area contributed by atoms with E-state index in [2.05, 4.69) is 21.6 Å². The number of aromatic nitrogens is 2. The van der Waals surface area contributed by atoms with Gasteiger partial charge in [-0.25, -0.2) is 0 Å². The highest BCUT2D eigenvalue weighted by Crippen LogP contribution is 2.52. The molecule has 44 heavy (non-hydrogen) atoms. The molecule has 5 rings (SSSR count). The molecule has 1 aromatic heterocycles. The first-order valence-corrected chi connectivity index (χ1v) is 15.5. The summed E-state index contributed by atoms with van der Waals surface area (Å²) in [6.45, 7) is 4.05.